The summed E-state index contributed by atoms with van der Waals surface area (Å²) < 4.78 is 0. The summed E-state index contributed by atoms with van der Waals surface area (Å²) >= 11 is 6.20. The third kappa shape index (κ3) is 4.32. The SMILES string of the molecule is CCC(C)NC(=O)C1Cc2cc([N+](=O)[O-])ccc2N2CCN(c3cccc(Cl)c3)CC12. The van der Waals surface area contributed by atoms with Crippen molar-refractivity contribution in [2.24, 2.45) is 5.92 Å². The molecule has 0 bridgehead atoms. The molecule has 31 heavy (non-hydrogen) atoms. The number of rotatable bonds is 5. The van der Waals surface area contributed by atoms with E-state index in [1.807, 2.05) is 44.2 Å². The first-order valence-corrected chi connectivity index (χ1v) is 11.1. The summed E-state index contributed by atoms with van der Waals surface area (Å²) in [4.78, 5) is 28.7. The van der Waals surface area contributed by atoms with Gasteiger partial charge in [0.15, 0.2) is 0 Å². The second kappa shape index (κ2) is 8.75. The van der Waals surface area contributed by atoms with E-state index in [0.717, 1.165) is 36.4 Å². The summed E-state index contributed by atoms with van der Waals surface area (Å²) in [7, 11) is 0. The van der Waals surface area contributed by atoms with Crippen molar-refractivity contribution in [3.05, 3.63) is 63.2 Å². The van der Waals surface area contributed by atoms with E-state index in [2.05, 4.69) is 15.1 Å². The lowest BCUT2D eigenvalue weighted by Crippen LogP contribution is -2.61. The minimum absolute atomic E-state index is 0.00875. The highest BCUT2D eigenvalue weighted by Gasteiger charge is 2.42. The van der Waals surface area contributed by atoms with E-state index >= 15 is 0 Å². The van der Waals surface area contributed by atoms with Crippen molar-refractivity contribution < 1.29 is 9.72 Å². The second-order valence-corrected chi connectivity index (χ2v) is 8.82. The highest BCUT2D eigenvalue weighted by atomic mass is 35.5. The molecule has 3 atom stereocenters. The highest BCUT2D eigenvalue weighted by Crippen LogP contribution is 2.38. The number of hydrogen-bond donors (Lipinski definition) is 1. The average Bonchev–Trinajstić information content (AvgIpc) is 2.77. The van der Waals surface area contributed by atoms with Crippen molar-refractivity contribution >= 4 is 34.6 Å². The van der Waals surface area contributed by atoms with Gasteiger partial charge in [0.2, 0.25) is 5.91 Å². The number of halogens is 1. The number of carbonyl (C=O) groups excluding carboxylic acids is 1. The van der Waals surface area contributed by atoms with Crippen molar-refractivity contribution in [2.75, 3.05) is 29.4 Å². The molecule has 0 aromatic heterocycles. The first-order valence-electron chi connectivity index (χ1n) is 10.7. The number of piperazine rings is 1. The van der Waals surface area contributed by atoms with Crippen molar-refractivity contribution in [3.63, 3.8) is 0 Å². The molecule has 1 N–H and O–H groups in total. The number of nitro groups is 1. The molecule has 0 aliphatic carbocycles. The molecular weight excluding hydrogens is 416 g/mol. The predicted octanol–water partition coefficient (Wildman–Crippen LogP) is 4.03. The van der Waals surface area contributed by atoms with Crippen LogP contribution in [-0.2, 0) is 11.2 Å². The topological polar surface area (TPSA) is 78.7 Å². The molecule has 2 aromatic rings. The predicted molar refractivity (Wildman–Crippen MR) is 123 cm³/mol. The molecule has 164 valence electrons. The van der Waals surface area contributed by atoms with Gasteiger partial charge in [-0.2, -0.15) is 0 Å². The van der Waals surface area contributed by atoms with Gasteiger partial charge in [-0.3, -0.25) is 14.9 Å². The second-order valence-electron chi connectivity index (χ2n) is 8.39. The van der Waals surface area contributed by atoms with Crippen LogP contribution >= 0.6 is 11.6 Å². The van der Waals surface area contributed by atoms with Crippen molar-refractivity contribution in [1.82, 2.24) is 5.32 Å². The molecule has 1 saturated heterocycles. The van der Waals surface area contributed by atoms with Gasteiger partial charge < -0.3 is 15.1 Å². The van der Waals surface area contributed by atoms with Crippen LogP contribution in [-0.4, -0.2) is 42.5 Å². The number of fused-ring (bicyclic) bond motifs is 3. The summed E-state index contributed by atoms with van der Waals surface area (Å²) in [5.41, 5.74) is 2.97. The zero-order valence-electron chi connectivity index (χ0n) is 17.8. The number of amides is 1. The minimum atomic E-state index is -0.377. The number of benzene rings is 2. The van der Waals surface area contributed by atoms with E-state index in [-0.39, 0.29) is 34.5 Å². The maximum atomic E-state index is 13.2. The maximum Gasteiger partial charge on any atom is 0.269 e. The van der Waals surface area contributed by atoms with Gasteiger partial charge in [-0.1, -0.05) is 24.6 Å². The Morgan fingerprint density at radius 1 is 1.29 bits per heavy atom. The number of non-ortho nitro benzene ring substituents is 1. The fourth-order valence-electron chi connectivity index (χ4n) is 4.58. The third-order valence-electron chi connectivity index (χ3n) is 6.42. The fraction of sp³-hybridized carbons (Fsp3) is 0.435. The summed E-state index contributed by atoms with van der Waals surface area (Å²) in [5.74, 6) is -0.278. The van der Waals surface area contributed by atoms with Crippen LogP contribution in [0.3, 0.4) is 0 Å². The first kappa shape index (κ1) is 21.4. The Balaban J connectivity index is 1.68. The van der Waals surface area contributed by atoms with E-state index in [1.54, 1.807) is 12.1 Å². The normalized spacial score (nSPS) is 21.1. The van der Waals surface area contributed by atoms with Crippen LogP contribution in [0.5, 0.6) is 0 Å². The Morgan fingerprint density at radius 3 is 2.81 bits per heavy atom. The maximum absolute atomic E-state index is 13.2. The molecule has 2 aromatic carbocycles. The molecule has 0 saturated carbocycles. The fourth-order valence-corrected chi connectivity index (χ4v) is 4.77. The molecule has 2 aliphatic heterocycles. The quantitative estimate of drug-likeness (QED) is 0.558. The molecule has 0 radical (unpaired) electrons. The number of anilines is 2. The van der Waals surface area contributed by atoms with Crippen LogP contribution in [0.4, 0.5) is 17.1 Å². The molecular formula is C23H27ClN4O3. The molecule has 1 amide bonds. The van der Waals surface area contributed by atoms with Gasteiger partial charge in [-0.15, -0.1) is 0 Å². The molecule has 8 heteroatoms. The zero-order chi connectivity index (χ0) is 22.1. The smallest absolute Gasteiger partial charge is 0.269 e. The Kier molecular flexibility index (Phi) is 6.05. The van der Waals surface area contributed by atoms with Gasteiger partial charge in [-0.25, -0.2) is 0 Å². The van der Waals surface area contributed by atoms with Crippen LogP contribution in [0.25, 0.3) is 0 Å². The van der Waals surface area contributed by atoms with Gasteiger partial charge in [0.1, 0.15) is 0 Å². The van der Waals surface area contributed by atoms with Gasteiger partial charge in [-0.05, 0) is 49.6 Å². The van der Waals surface area contributed by atoms with Crippen LogP contribution in [0.1, 0.15) is 25.8 Å². The lowest BCUT2D eigenvalue weighted by atomic mass is 9.83. The Labute approximate surface area is 187 Å². The Hall–Kier alpha value is -2.80. The van der Waals surface area contributed by atoms with Crippen LogP contribution in [0, 0.1) is 16.0 Å². The van der Waals surface area contributed by atoms with Gasteiger partial charge in [0, 0.05) is 54.2 Å². The van der Waals surface area contributed by atoms with Crippen molar-refractivity contribution in [1.29, 1.82) is 0 Å². The summed E-state index contributed by atoms with van der Waals surface area (Å²) in [6.07, 6.45) is 1.34. The number of nitrogens with zero attached hydrogens (tertiary/aromatic N) is 3. The monoisotopic (exact) mass is 442 g/mol. The van der Waals surface area contributed by atoms with E-state index in [9.17, 15) is 14.9 Å². The summed E-state index contributed by atoms with van der Waals surface area (Å²) in [5, 5.41) is 15.1. The van der Waals surface area contributed by atoms with Gasteiger partial charge in [0.25, 0.3) is 5.69 Å². The standard InChI is InChI=1S/C23H27ClN4O3/c1-3-15(2)25-23(29)20-12-16-11-19(28(30)31)7-8-21(16)27-10-9-26(14-22(20)27)18-6-4-5-17(24)13-18/h4-8,11,13,15,20,22H,3,9-10,12,14H2,1-2H3,(H,25,29). The first-order chi connectivity index (χ1) is 14.9. The molecule has 7 nitrogen and oxygen atoms in total. The molecule has 1 fully saturated rings. The largest absolute Gasteiger partial charge is 0.368 e. The lowest BCUT2D eigenvalue weighted by Gasteiger charge is -2.49. The number of hydrogen-bond acceptors (Lipinski definition) is 5. The molecule has 3 unspecified atom stereocenters. The molecule has 2 heterocycles. The van der Waals surface area contributed by atoms with E-state index in [4.69, 9.17) is 11.6 Å². The Bertz CT molecular complexity index is 999. The molecule has 0 spiro atoms. The molecule has 2 aliphatic rings. The Morgan fingerprint density at radius 2 is 2.10 bits per heavy atom. The number of nitro benzene ring substituents is 1. The zero-order valence-corrected chi connectivity index (χ0v) is 18.5. The van der Waals surface area contributed by atoms with E-state index < -0.39 is 0 Å². The number of nitrogens with one attached hydrogen (secondary N) is 1. The summed E-state index contributed by atoms with van der Waals surface area (Å²) in [6.45, 7) is 6.24. The van der Waals surface area contributed by atoms with Crippen molar-refractivity contribution in [3.8, 4) is 0 Å². The minimum Gasteiger partial charge on any atom is -0.368 e. The third-order valence-corrected chi connectivity index (χ3v) is 6.65. The van der Waals surface area contributed by atoms with Gasteiger partial charge in [0.05, 0.1) is 16.9 Å². The van der Waals surface area contributed by atoms with Crippen molar-refractivity contribution in [2.45, 2.75) is 38.8 Å². The van der Waals surface area contributed by atoms with Gasteiger partial charge >= 0.3 is 0 Å². The average molecular weight is 443 g/mol. The van der Waals surface area contributed by atoms with E-state index in [1.165, 1.54) is 0 Å². The lowest BCUT2D eigenvalue weighted by molar-refractivity contribution is -0.384. The highest BCUT2D eigenvalue weighted by molar-refractivity contribution is 6.30. The van der Waals surface area contributed by atoms with E-state index in [0.29, 0.717) is 18.0 Å². The number of carbonyl (C=O) groups is 1. The van der Waals surface area contributed by atoms with Crippen LogP contribution in [0.2, 0.25) is 5.02 Å². The summed E-state index contributed by atoms with van der Waals surface area (Å²) in [6, 6.07) is 12.8. The van der Waals surface area contributed by atoms with Crippen LogP contribution in [0.15, 0.2) is 42.5 Å². The molecule has 4 rings (SSSR count). The van der Waals surface area contributed by atoms with Crippen LogP contribution < -0.4 is 15.1 Å².